The third kappa shape index (κ3) is 3.55. The molecule has 0 radical (unpaired) electrons. The summed E-state index contributed by atoms with van der Waals surface area (Å²) in [6, 6.07) is 11.5. The lowest BCUT2D eigenvalue weighted by atomic mass is 9.97. The highest BCUT2D eigenvalue weighted by molar-refractivity contribution is 5.19. The van der Waals surface area contributed by atoms with E-state index in [9.17, 15) is 0 Å². The Kier molecular flexibility index (Phi) is 5.02. The largest absolute Gasteiger partial charge is 0.330 e. The molecule has 0 aromatic heterocycles. The van der Waals surface area contributed by atoms with Crippen LogP contribution in [0.2, 0.25) is 0 Å². The van der Waals surface area contributed by atoms with Crippen molar-refractivity contribution in [2.75, 3.05) is 19.6 Å². The number of rotatable bonds is 5. The Hall–Kier alpha value is -0.860. The van der Waals surface area contributed by atoms with Gasteiger partial charge in [-0.25, -0.2) is 0 Å². The van der Waals surface area contributed by atoms with Crippen LogP contribution in [0.4, 0.5) is 0 Å². The molecule has 1 aromatic carbocycles. The van der Waals surface area contributed by atoms with Crippen LogP contribution in [0.1, 0.15) is 43.7 Å². The molecule has 1 aliphatic rings. The molecular formula is C15H24N2. The van der Waals surface area contributed by atoms with Crippen LogP contribution in [0.15, 0.2) is 30.3 Å². The van der Waals surface area contributed by atoms with E-state index in [1.165, 1.54) is 44.3 Å². The van der Waals surface area contributed by atoms with E-state index in [2.05, 4.69) is 35.2 Å². The van der Waals surface area contributed by atoms with Gasteiger partial charge in [0.25, 0.3) is 0 Å². The topological polar surface area (TPSA) is 29.3 Å². The van der Waals surface area contributed by atoms with Crippen LogP contribution in [0.5, 0.6) is 0 Å². The zero-order valence-electron chi connectivity index (χ0n) is 10.6. The predicted octanol–water partition coefficient (Wildman–Crippen LogP) is 2.95. The summed E-state index contributed by atoms with van der Waals surface area (Å²) < 4.78 is 0. The van der Waals surface area contributed by atoms with Crippen LogP contribution in [0.3, 0.4) is 0 Å². The molecule has 1 fully saturated rings. The van der Waals surface area contributed by atoms with Gasteiger partial charge in [0.15, 0.2) is 0 Å². The number of nitrogens with two attached hydrogens (primary N) is 1. The quantitative estimate of drug-likeness (QED) is 0.845. The van der Waals surface area contributed by atoms with Gasteiger partial charge in [0.2, 0.25) is 0 Å². The second kappa shape index (κ2) is 6.77. The van der Waals surface area contributed by atoms with Gasteiger partial charge < -0.3 is 5.73 Å². The van der Waals surface area contributed by atoms with Gasteiger partial charge in [-0.05, 0) is 50.9 Å². The van der Waals surface area contributed by atoms with Crippen molar-refractivity contribution in [2.24, 2.45) is 5.73 Å². The second-order valence-electron chi connectivity index (χ2n) is 4.95. The molecule has 0 saturated carbocycles. The van der Waals surface area contributed by atoms with Crippen molar-refractivity contribution in [1.82, 2.24) is 4.90 Å². The standard InChI is InChI=1S/C15H24N2/c16-11-7-10-15(14-8-3-1-4-9-14)17-12-5-2-6-13-17/h1,3-4,8-9,15H,2,5-7,10-13,16H2. The molecule has 0 spiro atoms. The first-order valence-electron chi connectivity index (χ1n) is 6.91. The first-order valence-corrected chi connectivity index (χ1v) is 6.91. The van der Waals surface area contributed by atoms with Crippen molar-refractivity contribution in [2.45, 2.75) is 38.1 Å². The summed E-state index contributed by atoms with van der Waals surface area (Å²) in [4.78, 5) is 2.65. The van der Waals surface area contributed by atoms with E-state index < -0.39 is 0 Å². The molecule has 2 nitrogen and oxygen atoms in total. The van der Waals surface area contributed by atoms with Crippen LogP contribution in [-0.4, -0.2) is 24.5 Å². The lowest BCUT2D eigenvalue weighted by Crippen LogP contribution is -2.34. The van der Waals surface area contributed by atoms with Gasteiger partial charge >= 0.3 is 0 Å². The Morgan fingerprint density at radius 3 is 2.41 bits per heavy atom. The van der Waals surface area contributed by atoms with Crippen molar-refractivity contribution in [3.63, 3.8) is 0 Å². The molecule has 0 aliphatic carbocycles. The van der Waals surface area contributed by atoms with E-state index in [4.69, 9.17) is 5.73 Å². The van der Waals surface area contributed by atoms with E-state index in [1.807, 2.05) is 0 Å². The number of hydrogen-bond acceptors (Lipinski definition) is 2. The number of nitrogens with zero attached hydrogens (tertiary/aromatic N) is 1. The third-order valence-corrected chi connectivity index (χ3v) is 3.70. The number of piperidine rings is 1. The minimum atomic E-state index is 0.583. The Morgan fingerprint density at radius 1 is 1.06 bits per heavy atom. The molecule has 0 bridgehead atoms. The van der Waals surface area contributed by atoms with Crippen LogP contribution < -0.4 is 5.73 Å². The van der Waals surface area contributed by atoms with E-state index in [0.29, 0.717) is 6.04 Å². The molecule has 2 heteroatoms. The first kappa shape index (κ1) is 12.6. The lowest BCUT2D eigenvalue weighted by molar-refractivity contribution is 0.154. The van der Waals surface area contributed by atoms with Crippen LogP contribution in [0, 0.1) is 0 Å². The molecule has 17 heavy (non-hydrogen) atoms. The van der Waals surface area contributed by atoms with Crippen LogP contribution in [0.25, 0.3) is 0 Å². The molecule has 94 valence electrons. The maximum Gasteiger partial charge on any atom is 0.0348 e. The van der Waals surface area contributed by atoms with Gasteiger partial charge in [0.1, 0.15) is 0 Å². The zero-order chi connectivity index (χ0) is 11.9. The number of hydrogen-bond donors (Lipinski definition) is 1. The maximum atomic E-state index is 5.67. The lowest BCUT2D eigenvalue weighted by Gasteiger charge is -2.35. The smallest absolute Gasteiger partial charge is 0.0348 e. The Bertz CT molecular complexity index is 304. The normalized spacial score (nSPS) is 19.1. The fraction of sp³-hybridized carbons (Fsp3) is 0.600. The highest BCUT2D eigenvalue weighted by Crippen LogP contribution is 2.28. The zero-order valence-corrected chi connectivity index (χ0v) is 10.6. The molecule has 2 rings (SSSR count). The van der Waals surface area contributed by atoms with Crippen molar-refractivity contribution in [3.8, 4) is 0 Å². The Labute approximate surface area is 105 Å². The minimum absolute atomic E-state index is 0.583. The minimum Gasteiger partial charge on any atom is -0.330 e. The third-order valence-electron chi connectivity index (χ3n) is 3.70. The van der Waals surface area contributed by atoms with Crippen molar-refractivity contribution < 1.29 is 0 Å². The highest BCUT2D eigenvalue weighted by Gasteiger charge is 2.21. The van der Waals surface area contributed by atoms with Gasteiger partial charge in [0, 0.05) is 6.04 Å². The monoisotopic (exact) mass is 232 g/mol. The van der Waals surface area contributed by atoms with Crippen molar-refractivity contribution in [3.05, 3.63) is 35.9 Å². The van der Waals surface area contributed by atoms with Gasteiger partial charge in [-0.1, -0.05) is 36.8 Å². The molecule has 1 heterocycles. The van der Waals surface area contributed by atoms with Gasteiger partial charge in [-0.3, -0.25) is 4.90 Å². The SMILES string of the molecule is NCCCC(c1ccccc1)N1CCCCC1. The molecule has 1 atom stereocenters. The van der Waals surface area contributed by atoms with Gasteiger partial charge in [-0.15, -0.1) is 0 Å². The summed E-state index contributed by atoms with van der Waals surface area (Å²) in [5.74, 6) is 0. The Balaban J connectivity index is 2.06. The summed E-state index contributed by atoms with van der Waals surface area (Å²) in [7, 11) is 0. The molecule has 1 unspecified atom stereocenters. The van der Waals surface area contributed by atoms with Crippen LogP contribution >= 0.6 is 0 Å². The summed E-state index contributed by atoms with van der Waals surface area (Å²) >= 11 is 0. The van der Waals surface area contributed by atoms with Gasteiger partial charge in [-0.2, -0.15) is 0 Å². The highest BCUT2D eigenvalue weighted by atomic mass is 15.2. The first-order chi connectivity index (χ1) is 8.42. The van der Waals surface area contributed by atoms with E-state index in [1.54, 1.807) is 0 Å². The Morgan fingerprint density at radius 2 is 1.76 bits per heavy atom. The summed E-state index contributed by atoms with van der Waals surface area (Å²) in [5, 5.41) is 0. The van der Waals surface area contributed by atoms with Crippen molar-refractivity contribution >= 4 is 0 Å². The fourth-order valence-corrected chi connectivity index (χ4v) is 2.78. The maximum absolute atomic E-state index is 5.67. The van der Waals surface area contributed by atoms with E-state index >= 15 is 0 Å². The summed E-state index contributed by atoms with van der Waals surface area (Å²) in [5.41, 5.74) is 7.13. The van der Waals surface area contributed by atoms with E-state index in [-0.39, 0.29) is 0 Å². The fourth-order valence-electron chi connectivity index (χ4n) is 2.78. The van der Waals surface area contributed by atoms with Gasteiger partial charge in [0.05, 0.1) is 0 Å². The predicted molar refractivity (Wildman–Crippen MR) is 72.9 cm³/mol. The second-order valence-corrected chi connectivity index (χ2v) is 4.95. The van der Waals surface area contributed by atoms with Crippen LogP contribution in [-0.2, 0) is 0 Å². The number of likely N-dealkylation sites (tertiary alicyclic amines) is 1. The van der Waals surface area contributed by atoms with E-state index in [0.717, 1.165) is 13.0 Å². The molecule has 0 amide bonds. The molecule has 1 aromatic rings. The summed E-state index contributed by atoms with van der Waals surface area (Å²) in [6.45, 7) is 3.31. The molecule has 2 N–H and O–H groups in total. The summed E-state index contributed by atoms with van der Waals surface area (Å²) in [6.07, 6.45) is 6.42. The molecule has 1 aliphatic heterocycles. The average Bonchev–Trinajstić information content (AvgIpc) is 2.42. The molecule has 1 saturated heterocycles. The molecular weight excluding hydrogens is 208 g/mol. The number of benzene rings is 1. The van der Waals surface area contributed by atoms with Crippen molar-refractivity contribution in [1.29, 1.82) is 0 Å². The average molecular weight is 232 g/mol.